The fourth-order valence-electron chi connectivity index (χ4n) is 4.74. The normalized spacial score (nSPS) is 17.5. The van der Waals surface area contributed by atoms with Gasteiger partial charge >= 0.3 is 0 Å². The lowest BCUT2D eigenvalue weighted by Gasteiger charge is -2.32. The van der Waals surface area contributed by atoms with Crippen LogP contribution in [0.2, 0.25) is 0 Å². The molecule has 168 valence electrons. The summed E-state index contributed by atoms with van der Waals surface area (Å²) < 4.78 is 13.5. The second-order valence-corrected chi connectivity index (χ2v) is 8.44. The topological polar surface area (TPSA) is 85.1 Å². The molecule has 2 aliphatic rings. The molecule has 3 heterocycles. The summed E-state index contributed by atoms with van der Waals surface area (Å²) in [4.78, 5) is 4.79. The van der Waals surface area contributed by atoms with E-state index in [1.807, 2.05) is 28.8 Å². The average Bonchev–Trinajstić information content (AvgIpc) is 3.49. The molecule has 0 atom stereocenters. The molecule has 1 aromatic carbocycles. The lowest BCUT2D eigenvalue weighted by atomic mass is 9.78. The molecule has 32 heavy (non-hydrogen) atoms. The summed E-state index contributed by atoms with van der Waals surface area (Å²) in [6, 6.07) is 12.3. The van der Waals surface area contributed by atoms with Gasteiger partial charge in [-0.25, -0.2) is 4.99 Å². The maximum absolute atomic E-state index is 5.85. The van der Waals surface area contributed by atoms with Crippen LogP contribution in [0.4, 0.5) is 0 Å². The molecular formula is C24H30N6O2. The van der Waals surface area contributed by atoms with Gasteiger partial charge in [0, 0.05) is 24.7 Å². The number of ether oxygens (including phenoxy) is 2. The molecule has 0 spiro atoms. The van der Waals surface area contributed by atoms with Crippen molar-refractivity contribution in [3.63, 3.8) is 0 Å². The monoisotopic (exact) mass is 434 g/mol. The van der Waals surface area contributed by atoms with Crippen molar-refractivity contribution in [2.75, 3.05) is 26.3 Å². The number of hydrogen-bond donors (Lipinski definition) is 2. The number of nitrogens with zero attached hydrogens (tertiary/aromatic N) is 4. The number of benzene rings is 1. The van der Waals surface area contributed by atoms with Crippen molar-refractivity contribution in [2.24, 2.45) is 4.99 Å². The first-order valence-electron chi connectivity index (χ1n) is 11.5. The molecule has 0 bridgehead atoms. The molecule has 0 radical (unpaired) electrons. The molecule has 1 aliphatic heterocycles. The fraction of sp³-hybridized carbons (Fsp3) is 0.458. The van der Waals surface area contributed by atoms with Gasteiger partial charge in [-0.15, -0.1) is 10.2 Å². The van der Waals surface area contributed by atoms with E-state index < -0.39 is 0 Å². The van der Waals surface area contributed by atoms with Crippen LogP contribution >= 0.6 is 0 Å². The minimum absolute atomic E-state index is 0.0631. The zero-order valence-corrected chi connectivity index (χ0v) is 18.5. The van der Waals surface area contributed by atoms with Gasteiger partial charge in [-0.3, -0.25) is 4.40 Å². The van der Waals surface area contributed by atoms with Crippen LogP contribution in [0, 0.1) is 0 Å². The largest absolute Gasteiger partial charge is 0.486 e. The Morgan fingerprint density at radius 2 is 1.91 bits per heavy atom. The molecule has 3 aromatic rings. The average molecular weight is 435 g/mol. The molecule has 1 fully saturated rings. The standard InChI is InChI=1S/C24H30N6O2/c1-2-25-23(26-16-22-29-28-21-7-3-6-12-30(21)22)27-17-24(10-4-5-11-24)18-8-9-19-20(15-18)32-14-13-31-19/h3,6-9,12,15H,2,4-5,10-11,13-14,16-17H2,1H3,(H2,25,26,27). The first-order valence-corrected chi connectivity index (χ1v) is 11.5. The van der Waals surface area contributed by atoms with Crippen LogP contribution in [0.3, 0.4) is 0 Å². The third-order valence-electron chi connectivity index (χ3n) is 6.42. The first-order chi connectivity index (χ1) is 15.8. The van der Waals surface area contributed by atoms with Crippen LogP contribution < -0.4 is 20.1 Å². The van der Waals surface area contributed by atoms with Crippen molar-refractivity contribution in [3.8, 4) is 11.5 Å². The predicted molar refractivity (Wildman–Crippen MR) is 123 cm³/mol. The molecule has 8 nitrogen and oxygen atoms in total. The molecule has 1 aliphatic carbocycles. The Hall–Kier alpha value is -3.29. The highest BCUT2D eigenvalue weighted by atomic mass is 16.6. The maximum atomic E-state index is 5.85. The van der Waals surface area contributed by atoms with Gasteiger partial charge in [0.25, 0.3) is 0 Å². The Balaban J connectivity index is 1.34. The van der Waals surface area contributed by atoms with E-state index in [4.69, 9.17) is 14.5 Å². The summed E-state index contributed by atoms with van der Waals surface area (Å²) in [7, 11) is 0. The van der Waals surface area contributed by atoms with Crippen LogP contribution in [0.1, 0.15) is 44.0 Å². The van der Waals surface area contributed by atoms with Gasteiger partial charge in [-0.1, -0.05) is 25.0 Å². The number of aromatic nitrogens is 3. The highest BCUT2D eigenvalue weighted by Crippen LogP contribution is 2.43. The lowest BCUT2D eigenvalue weighted by Crippen LogP contribution is -2.44. The van der Waals surface area contributed by atoms with E-state index in [0.29, 0.717) is 19.8 Å². The molecule has 2 N–H and O–H groups in total. The highest BCUT2D eigenvalue weighted by molar-refractivity contribution is 5.79. The van der Waals surface area contributed by atoms with Crippen LogP contribution in [-0.2, 0) is 12.0 Å². The summed E-state index contributed by atoms with van der Waals surface area (Å²) in [5.74, 6) is 3.32. The Bertz CT molecular complexity index is 1100. The number of hydrogen-bond acceptors (Lipinski definition) is 5. The summed E-state index contributed by atoms with van der Waals surface area (Å²) in [5.41, 5.74) is 2.21. The van der Waals surface area contributed by atoms with E-state index in [1.54, 1.807) is 0 Å². The Kier molecular flexibility index (Phi) is 5.83. The van der Waals surface area contributed by atoms with E-state index in [0.717, 1.165) is 54.9 Å². The van der Waals surface area contributed by atoms with E-state index in [2.05, 4.69) is 46.0 Å². The number of guanidine groups is 1. The minimum Gasteiger partial charge on any atom is -0.486 e. The molecule has 5 rings (SSSR count). The van der Waals surface area contributed by atoms with Gasteiger partial charge in [0.1, 0.15) is 19.8 Å². The zero-order valence-electron chi connectivity index (χ0n) is 18.5. The van der Waals surface area contributed by atoms with Crippen LogP contribution in [0.15, 0.2) is 47.6 Å². The molecule has 0 saturated heterocycles. The van der Waals surface area contributed by atoms with Crippen LogP contribution in [0.5, 0.6) is 11.5 Å². The Morgan fingerprint density at radius 3 is 2.75 bits per heavy atom. The van der Waals surface area contributed by atoms with E-state index in [-0.39, 0.29) is 5.41 Å². The number of fused-ring (bicyclic) bond motifs is 2. The number of pyridine rings is 1. The summed E-state index contributed by atoms with van der Waals surface area (Å²) in [5, 5.41) is 15.5. The van der Waals surface area contributed by atoms with Crippen molar-refractivity contribution >= 4 is 11.6 Å². The van der Waals surface area contributed by atoms with Crippen molar-refractivity contribution in [1.82, 2.24) is 25.2 Å². The molecule has 8 heteroatoms. The summed E-state index contributed by atoms with van der Waals surface area (Å²) in [6.07, 6.45) is 6.72. The van der Waals surface area contributed by atoms with Crippen molar-refractivity contribution < 1.29 is 9.47 Å². The molecule has 2 aromatic heterocycles. The lowest BCUT2D eigenvalue weighted by molar-refractivity contribution is 0.171. The second kappa shape index (κ2) is 9.06. The van der Waals surface area contributed by atoms with E-state index >= 15 is 0 Å². The third kappa shape index (κ3) is 4.09. The number of rotatable bonds is 6. The van der Waals surface area contributed by atoms with Crippen molar-refractivity contribution in [2.45, 2.75) is 44.6 Å². The molecule has 1 saturated carbocycles. The fourth-order valence-corrected chi connectivity index (χ4v) is 4.74. The smallest absolute Gasteiger partial charge is 0.191 e. The maximum Gasteiger partial charge on any atom is 0.191 e. The van der Waals surface area contributed by atoms with Gasteiger partial charge in [-0.05, 0) is 49.6 Å². The van der Waals surface area contributed by atoms with E-state index in [9.17, 15) is 0 Å². The second-order valence-electron chi connectivity index (χ2n) is 8.44. The third-order valence-corrected chi connectivity index (χ3v) is 6.42. The van der Waals surface area contributed by atoms with Crippen molar-refractivity contribution in [1.29, 1.82) is 0 Å². The Morgan fingerprint density at radius 1 is 1.06 bits per heavy atom. The predicted octanol–water partition coefficient (Wildman–Crippen LogP) is 3.07. The number of aliphatic imine (C=N–C) groups is 1. The zero-order chi connectivity index (χ0) is 21.8. The summed E-state index contributed by atoms with van der Waals surface area (Å²) in [6.45, 7) is 5.37. The first kappa shape index (κ1) is 20.6. The quantitative estimate of drug-likeness (QED) is 0.458. The van der Waals surface area contributed by atoms with Crippen LogP contribution in [0.25, 0.3) is 5.65 Å². The van der Waals surface area contributed by atoms with Gasteiger partial charge in [-0.2, -0.15) is 0 Å². The SMILES string of the molecule is CCNC(=NCc1nnc2ccccn12)NCC1(c2ccc3c(c2)OCCO3)CCCC1. The summed E-state index contributed by atoms with van der Waals surface area (Å²) >= 11 is 0. The minimum atomic E-state index is 0.0631. The van der Waals surface area contributed by atoms with Crippen molar-refractivity contribution in [3.05, 3.63) is 54.0 Å². The van der Waals surface area contributed by atoms with Gasteiger partial charge in [0.15, 0.2) is 28.9 Å². The van der Waals surface area contributed by atoms with E-state index in [1.165, 1.54) is 18.4 Å². The molecule has 0 amide bonds. The molecular weight excluding hydrogens is 404 g/mol. The van der Waals surface area contributed by atoms with Gasteiger partial charge in [0.05, 0.1) is 0 Å². The molecule has 0 unspecified atom stereocenters. The van der Waals surface area contributed by atoms with Gasteiger partial charge in [0.2, 0.25) is 0 Å². The highest BCUT2D eigenvalue weighted by Gasteiger charge is 2.36. The van der Waals surface area contributed by atoms with Gasteiger partial charge < -0.3 is 20.1 Å². The van der Waals surface area contributed by atoms with Crippen LogP contribution in [-0.4, -0.2) is 46.9 Å². The number of nitrogens with one attached hydrogen (secondary N) is 2. The Labute approximate surface area is 188 Å².